The Bertz CT molecular complexity index is 517. The van der Waals surface area contributed by atoms with E-state index in [0.717, 1.165) is 12.1 Å². The number of ether oxygens (including phenoxy) is 1. The van der Waals surface area contributed by atoms with Crippen LogP contribution in [0.3, 0.4) is 0 Å². The summed E-state index contributed by atoms with van der Waals surface area (Å²) in [5.74, 6) is -0.765. The summed E-state index contributed by atoms with van der Waals surface area (Å²) in [4.78, 5) is 11.2. The van der Waals surface area contributed by atoms with Crippen LogP contribution in [-0.4, -0.2) is 25.1 Å². The van der Waals surface area contributed by atoms with Crippen molar-refractivity contribution in [2.24, 2.45) is 0 Å². The van der Waals surface area contributed by atoms with E-state index < -0.39 is 36.6 Å². The number of benzene rings is 1. The number of urea groups is 1. The maximum Gasteiger partial charge on any atom is 0.573 e. The van der Waals surface area contributed by atoms with E-state index in [4.69, 9.17) is 0 Å². The van der Waals surface area contributed by atoms with E-state index >= 15 is 0 Å². The van der Waals surface area contributed by atoms with Crippen molar-refractivity contribution in [3.63, 3.8) is 0 Å². The molecule has 2 amide bonds. The molecule has 1 rings (SSSR count). The topological polar surface area (TPSA) is 50.4 Å². The average molecular weight is 381 g/mol. The Morgan fingerprint density at radius 1 is 1.19 bits per heavy atom. The van der Waals surface area contributed by atoms with E-state index in [-0.39, 0.29) is 4.47 Å². The summed E-state index contributed by atoms with van der Waals surface area (Å²) in [6.07, 6.45) is -9.65. The highest BCUT2D eigenvalue weighted by Crippen LogP contribution is 2.32. The molecule has 0 aromatic heterocycles. The highest BCUT2D eigenvalue weighted by molar-refractivity contribution is 9.10. The van der Waals surface area contributed by atoms with Gasteiger partial charge in [0.15, 0.2) is 5.75 Å². The molecule has 11 heteroatoms. The van der Waals surface area contributed by atoms with Crippen LogP contribution in [0.1, 0.15) is 0 Å². The highest BCUT2D eigenvalue weighted by atomic mass is 79.9. The van der Waals surface area contributed by atoms with Crippen LogP contribution >= 0.6 is 15.9 Å². The standard InChI is InChI=1S/C10H7BrF6N2O2/c11-5-1-2-6(7(3-5)21-10(15,16)17)19-8(20)18-4-9(12,13)14/h1-3H,4H2,(H2,18,19,20). The largest absolute Gasteiger partial charge is 0.573 e. The van der Waals surface area contributed by atoms with Crippen LogP contribution in [0.25, 0.3) is 0 Å². The molecule has 2 N–H and O–H groups in total. The molecule has 4 nitrogen and oxygen atoms in total. The van der Waals surface area contributed by atoms with E-state index in [0.29, 0.717) is 0 Å². The van der Waals surface area contributed by atoms with E-state index in [1.165, 1.54) is 11.4 Å². The van der Waals surface area contributed by atoms with Gasteiger partial charge in [0.1, 0.15) is 6.54 Å². The van der Waals surface area contributed by atoms with Gasteiger partial charge in [-0.1, -0.05) is 15.9 Å². The second kappa shape index (κ2) is 6.41. The second-order valence-corrected chi connectivity index (χ2v) is 4.53. The van der Waals surface area contributed by atoms with Crippen LogP contribution in [-0.2, 0) is 0 Å². The lowest BCUT2D eigenvalue weighted by atomic mass is 10.3. The van der Waals surface area contributed by atoms with Gasteiger partial charge in [-0.3, -0.25) is 0 Å². The van der Waals surface area contributed by atoms with E-state index in [1.54, 1.807) is 0 Å². The van der Waals surface area contributed by atoms with Gasteiger partial charge in [0.05, 0.1) is 5.69 Å². The summed E-state index contributed by atoms with van der Waals surface area (Å²) in [6.45, 7) is -1.62. The van der Waals surface area contributed by atoms with Crippen LogP contribution in [0.5, 0.6) is 5.75 Å². The van der Waals surface area contributed by atoms with Gasteiger partial charge >= 0.3 is 18.6 Å². The van der Waals surface area contributed by atoms with Crippen molar-refractivity contribution in [2.45, 2.75) is 12.5 Å². The molecular formula is C10H7BrF6N2O2. The van der Waals surface area contributed by atoms with Crippen molar-refractivity contribution in [3.05, 3.63) is 22.7 Å². The van der Waals surface area contributed by atoms with Gasteiger partial charge in [0.25, 0.3) is 0 Å². The molecule has 21 heavy (non-hydrogen) atoms. The van der Waals surface area contributed by atoms with Crippen LogP contribution in [0.15, 0.2) is 22.7 Å². The van der Waals surface area contributed by atoms with Crippen molar-refractivity contribution in [1.82, 2.24) is 5.32 Å². The van der Waals surface area contributed by atoms with Crippen LogP contribution in [0.2, 0.25) is 0 Å². The van der Waals surface area contributed by atoms with Crippen LogP contribution in [0.4, 0.5) is 36.8 Å². The molecule has 0 aliphatic carbocycles. The van der Waals surface area contributed by atoms with E-state index in [2.05, 4.69) is 20.7 Å². The molecule has 0 aliphatic heterocycles. The number of halogens is 7. The first-order chi connectivity index (χ1) is 9.46. The Kier molecular flexibility index (Phi) is 5.31. The lowest BCUT2D eigenvalue weighted by Gasteiger charge is -2.15. The maximum atomic E-state index is 12.2. The summed E-state index contributed by atoms with van der Waals surface area (Å²) in [5.41, 5.74) is -0.435. The molecule has 0 heterocycles. The third-order valence-electron chi connectivity index (χ3n) is 1.87. The monoisotopic (exact) mass is 380 g/mol. The van der Waals surface area contributed by atoms with Gasteiger partial charge in [-0.15, -0.1) is 13.2 Å². The molecule has 0 fully saturated rings. The minimum atomic E-state index is -5.01. The summed E-state index contributed by atoms with van der Waals surface area (Å²) < 4.78 is 76.1. The number of carbonyl (C=O) groups is 1. The predicted molar refractivity (Wildman–Crippen MR) is 63.9 cm³/mol. The zero-order chi connectivity index (χ0) is 16.3. The molecule has 0 bridgehead atoms. The van der Waals surface area contributed by atoms with Gasteiger partial charge in [0, 0.05) is 4.47 Å². The number of hydrogen-bond acceptors (Lipinski definition) is 2. The Hall–Kier alpha value is -1.65. The van der Waals surface area contributed by atoms with Gasteiger partial charge < -0.3 is 15.4 Å². The minimum absolute atomic E-state index is 0.225. The molecule has 1 aromatic rings. The first-order valence-corrected chi connectivity index (χ1v) is 5.92. The summed E-state index contributed by atoms with van der Waals surface area (Å²) in [6, 6.07) is 1.91. The molecule has 1 aromatic carbocycles. The number of rotatable bonds is 3. The first kappa shape index (κ1) is 17.4. The number of carbonyl (C=O) groups excluding carboxylic acids is 1. The lowest BCUT2D eigenvalue weighted by Crippen LogP contribution is -2.36. The zero-order valence-corrected chi connectivity index (χ0v) is 11.5. The fourth-order valence-corrected chi connectivity index (χ4v) is 1.50. The van der Waals surface area contributed by atoms with Crippen LogP contribution < -0.4 is 15.4 Å². The Morgan fingerprint density at radius 3 is 2.33 bits per heavy atom. The summed E-state index contributed by atoms with van der Waals surface area (Å²) >= 11 is 2.90. The fourth-order valence-electron chi connectivity index (χ4n) is 1.16. The van der Waals surface area contributed by atoms with Crippen molar-refractivity contribution >= 4 is 27.6 Å². The Balaban J connectivity index is 2.80. The summed E-state index contributed by atoms with van der Waals surface area (Å²) in [7, 11) is 0. The molecule has 0 saturated carbocycles. The van der Waals surface area contributed by atoms with Gasteiger partial charge in [-0.2, -0.15) is 13.2 Å². The minimum Gasteiger partial charge on any atom is -0.404 e. The van der Waals surface area contributed by atoms with Crippen molar-refractivity contribution in [3.8, 4) is 5.75 Å². The number of alkyl halides is 6. The molecule has 0 saturated heterocycles. The second-order valence-electron chi connectivity index (χ2n) is 3.61. The fraction of sp³-hybridized carbons (Fsp3) is 0.300. The number of amides is 2. The number of nitrogens with one attached hydrogen (secondary N) is 2. The van der Waals surface area contributed by atoms with Crippen molar-refractivity contribution < 1.29 is 35.9 Å². The molecule has 0 spiro atoms. The normalized spacial score (nSPS) is 12.0. The zero-order valence-electron chi connectivity index (χ0n) is 9.90. The Labute approximate surface area is 122 Å². The van der Waals surface area contributed by atoms with Crippen molar-refractivity contribution in [1.29, 1.82) is 0 Å². The van der Waals surface area contributed by atoms with Crippen molar-refractivity contribution in [2.75, 3.05) is 11.9 Å². The first-order valence-electron chi connectivity index (χ1n) is 5.13. The molecular weight excluding hydrogens is 374 g/mol. The summed E-state index contributed by atoms with van der Waals surface area (Å²) in [5, 5.41) is 3.29. The maximum absolute atomic E-state index is 12.2. The Morgan fingerprint density at radius 2 is 1.81 bits per heavy atom. The molecule has 0 unspecified atom stereocenters. The predicted octanol–water partition coefficient (Wildman–Crippen LogP) is 4.03. The van der Waals surface area contributed by atoms with Gasteiger partial charge in [-0.05, 0) is 18.2 Å². The molecule has 118 valence electrons. The SMILES string of the molecule is O=C(NCC(F)(F)F)Nc1ccc(Br)cc1OC(F)(F)F. The number of hydrogen-bond donors (Lipinski definition) is 2. The third-order valence-corrected chi connectivity index (χ3v) is 2.36. The van der Waals surface area contributed by atoms with E-state index in [9.17, 15) is 31.1 Å². The highest BCUT2D eigenvalue weighted by Gasteiger charge is 2.33. The molecule has 0 aliphatic rings. The lowest BCUT2D eigenvalue weighted by molar-refractivity contribution is -0.274. The quantitative estimate of drug-likeness (QED) is 0.777. The number of anilines is 1. The van der Waals surface area contributed by atoms with Gasteiger partial charge in [0.2, 0.25) is 0 Å². The van der Waals surface area contributed by atoms with E-state index in [1.807, 2.05) is 5.32 Å². The smallest absolute Gasteiger partial charge is 0.404 e. The third kappa shape index (κ3) is 7.06. The van der Waals surface area contributed by atoms with Crippen LogP contribution in [0, 0.1) is 0 Å². The van der Waals surface area contributed by atoms with Gasteiger partial charge in [-0.25, -0.2) is 4.79 Å². The molecule has 0 radical (unpaired) electrons. The molecule has 0 atom stereocenters. The average Bonchev–Trinajstić information content (AvgIpc) is 2.27.